The third-order valence-corrected chi connectivity index (χ3v) is 4.62. The van der Waals surface area contributed by atoms with Gasteiger partial charge in [0.25, 0.3) is 0 Å². The number of halogens is 1. The van der Waals surface area contributed by atoms with Gasteiger partial charge in [-0.25, -0.2) is 19.0 Å². The number of pyridine rings is 2. The number of aryl methyl sites for hydroxylation is 1. The van der Waals surface area contributed by atoms with Crippen LogP contribution in [-0.2, 0) is 0 Å². The molecule has 4 aromatic heterocycles. The molecule has 0 bridgehead atoms. The minimum Gasteiger partial charge on any atom is -0.291 e. The van der Waals surface area contributed by atoms with Crippen molar-refractivity contribution in [3.8, 4) is 22.9 Å². The summed E-state index contributed by atoms with van der Waals surface area (Å²) in [6.07, 6.45) is 8.82. The molecule has 0 fully saturated rings. The summed E-state index contributed by atoms with van der Waals surface area (Å²) in [6.45, 7) is 2.01. The van der Waals surface area contributed by atoms with E-state index >= 15 is 0 Å². The van der Waals surface area contributed by atoms with E-state index in [0.29, 0.717) is 0 Å². The standard InChI is InChI=1S/C21H15FN6/c1-14-11-20(27-10-2-8-25-27)24-12-17(14)21-26-18-7-9-23-13-19(18)28(21)16-5-3-15(22)4-6-16/h2-13H,1H3. The number of hydrogen-bond acceptors (Lipinski definition) is 4. The molecule has 136 valence electrons. The summed E-state index contributed by atoms with van der Waals surface area (Å²) in [5, 5.41) is 4.23. The zero-order valence-electron chi connectivity index (χ0n) is 15.0. The summed E-state index contributed by atoms with van der Waals surface area (Å²) in [4.78, 5) is 13.6. The van der Waals surface area contributed by atoms with Crippen LogP contribution >= 0.6 is 0 Å². The van der Waals surface area contributed by atoms with Gasteiger partial charge in [0, 0.05) is 36.0 Å². The zero-order valence-corrected chi connectivity index (χ0v) is 15.0. The van der Waals surface area contributed by atoms with Crippen molar-refractivity contribution in [2.24, 2.45) is 0 Å². The van der Waals surface area contributed by atoms with E-state index in [-0.39, 0.29) is 5.82 Å². The molecule has 0 atom stereocenters. The molecule has 0 N–H and O–H groups in total. The van der Waals surface area contributed by atoms with Crippen molar-refractivity contribution in [2.45, 2.75) is 6.92 Å². The average Bonchev–Trinajstić information content (AvgIpc) is 3.37. The molecule has 0 amide bonds. The molecule has 0 saturated carbocycles. The molecule has 1 aromatic carbocycles. The third kappa shape index (κ3) is 2.64. The highest BCUT2D eigenvalue weighted by Gasteiger charge is 2.17. The lowest BCUT2D eigenvalue weighted by Gasteiger charge is -2.12. The second-order valence-electron chi connectivity index (χ2n) is 6.42. The molecular formula is C21H15FN6. The highest BCUT2D eigenvalue weighted by atomic mass is 19.1. The Morgan fingerprint density at radius 3 is 2.61 bits per heavy atom. The molecule has 0 saturated heterocycles. The molecule has 0 aliphatic rings. The fourth-order valence-corrected chi connectivity index (χ4v) is 3.26. The maximum Gasteiger partial charge on any atom is 0.153 e. The van der Waals surface area contributed by atoms with E-state index in [1.807, 2.05) is 35.9 Å². The van der Waals surface area contributed by atoms with E-state index in [9.17, 15) is 4.39 Å². The number of nitrogens with zero attached hydrogens (tertiary/aromatic N) is 6. The molecule has 0 aliphatic carbocycles. The van der Waals surface area contributed by atoms with Crippen LogP contribution in [0.1, 0.15) is 5.56 Å². The van der Waals surface area contributed by atoms with Gasteiger partial charge in [0.1, 0.15) is 11.6 Å². The Hall–Kier alpha value is -3.87. The van der Waals surface area contributed by atoms with Crippen LogP contribution < -0.4 is 0 Å². The van der Waals surface area contributed by atoms with E-state index in [2.05, 4.69) is 15.1 Å². The Morgan fingerprint density at radius 2 is 1.86 bits per heavy atom. The van der Waals surface area contributed by atoms with Gasteiger partial charge in [-0.1, -0.05) is 0 Å². The highest BCUT2D eigenvalue weighted by molar-refractivity contribution is 5.83. The van der Waals surface area contributed by atoms with Crippen molar-refractivity contribution in [1.82, 2.24) is 29.3 Å². The van der Waals surface area contributed by atoms with Gasteiger partial charge in [-0.05, 0) is 55.0 Å². The van der Waals surface area contributed by atoms with Gasteiger partial charge in [-0.2, -0.15) is 5.10 Å². The van der Waals surface area contributed by atoms with Crippen LogP contribution in [0.5, 0.6) is 0 Å². The van der Waals surface area contributed by atoms with Gasteiger partial charge < -0.3 is 0 Å². The largest absolute Gasteiger partial charge is 0.291 e. The molecule has 0 aliphatic heterocycles. The predicted molar refractivity (Wildman–Crippen MR) is 104 cm³/mol. The Morgan fingerprint density at radius 1 is 1.00 bits per heavy atom. The van der Waals surface area contributed by atoms with Crippen molar-refractivity contribution < 1.29 is 4.39 Å². The van der Waals surface area contributed by atoms with Gasteiger partial charge in [-0.15, -0.1) is 0 Å². The van der Waals surface area contributed by atoms with Gasteiger partial charge >= 0.3 is 0 Å². The molecular weight excluding hydrogens is 355 g/mol. The lowest BCUT2D eigenvalue weighted by atomic mass is 10.1. The first-order chi connectivity index (χ1) is 13.7. The van der Waals surface area contributed by atoms with Gasteiger partial charge in [0.15, 0.2) is 5.82 Å². The molecule has 28 heavy (non-hydrogen) atoms. The molecule has 5 rings (SSSR count). The first-order valence-corrected chi connectivity index (χ1v) is 8.76. The number of aromatic nitrogens is 6. The van der Waals surface area contributed by atoms with Crippen LogP contribution in [0.3, 0.4) is 0 Å². The lowest BCUT2D eigenvalue weighted by molar-refractivity contribution is 0.627. The summed E-state index contributed by atoms with van der Waals surface area (Å²) in [7, 11) is 0. The van der Waals surface area contributed by atoms with Crippen molar-refractivity contribution >= 4 is 11.0 Å². The van der Waals surface area contributed by atoms with E-state index in [1.165, 1.54) is 12.1 Å². The van der Waals surface area contributed by atoms with Crippen LogP contribution in [-0.4, -0.2) is 29.3 Å². The number of imidazole rings is 1. The Bertz CT molecular complexity index is 1270. The third-order valence-electron chi connectivity index (χ3n) is 4.62. The van der Waals surface area contributed by atoms with E-state index < -0.39 is 0 Å². The van der Waals surface area contributed by atoms with E-state index in [0.717, 1.165) is 39.5 Å². The maximum atomic E-state index is 13.5. The first kappa shape index (κ1) is 16.3. The van der Waals surface area contributed by atoms with Crippen LogP contribution in [0.2, 0.25) is 0 Å². The number of hydrogen-bond donors (Lipinski definition) is 0. The SMILES string of the molecule is Cc1cc(-n2cccn2)ncc1-c1nc2ccncc2n1-c1ccc(F)cc1. The van der Waals surface area contributed by atoms with Crippen molar-refractivity contribution in [3.05, 3.63) is 84.8 Å². The monoisotopic (exact) mass is 370 g/mol. The molecule has 5 aromatic rings. The Labute approximate surface area is 160 Å². The second-order valence-corrected chi connectivity index (χ2v) is 6.42. The zero-order chi connectivity index (χ0) is 19.1. The van der Waals surface area contributed by atoms with Gasteiger partial charge in [0.05, 0.1) is 17.2 Å². The minimum atomic E-state index is -0.283. The Balaban J connectivity index is 1.73. The second kappa shape index (κ2) is 6.38. The quantitative estimate of drug-likeness (QED) is 0.479. The predicted octanol–water partition coefficient (Wildman–Crippen LogP) is 4.12. The van der Waals surface area contributed by atoms with Crippen molar-refractivity contribution in [2.75, 3.05) is 0 Å². The Kier molecular flexibility index (Phi) is 3.72. The molecule has 0 radical (unpaired) electrons. The normalized spacial score (nSPS) is 11.2. The minimum absolute atomic E-state index is 0.283. The molecule has 4 heterocycles. The summed E-state index contributed by atoms with van der Waals surface area (Å²) in [5.41, 5.74) is 4.36. The lowest BCUT2D eigenvalue weighted by Crippen LogP contribution is -2.02. The van der Waals surface area contributed by atoms with Crippen LogP contribution in [0.4, 0.5) is 4.39 Å². The number of benzene rings is 1. The fourth-order valence-electron chi connectivity index (χ4n) is 3.26. The fraction of sp³-hybridized carbons (Fsp3) is 0.0476. The summed E-state index contributed by atoms with van der Waals surface area (Å²) in [6, 6.07) is 12.0. The van der Waals surface area contributed by atoms with E-state index in [4.69, 9.17) is 4.98 Å². The molecule has 0 spiro atoms. The summed E-state index contributed by atoms with van der Waals surface area (Å²) >= 11 is 0. The maximum absolute atomic E-state index is 13.5. The van der Waals surface area contributed by atoms with Crippen molar-refractivity contribution in [3.63, 3.8) is 0 Å². The van der Waals surface area contributed by atoms with Gasteiger partial charge in [0.2, 0.25) is 0 Å². The van der Waals surface area contributed by atoms with Crippen molar-refractivity contribution in [1.29, 1.82) is 0 Å². The highest BCUT2D eigenvalue weighted by Crippen LogP contribution is 2.30. The van der Waals surface area contributed by atoms with Gasteiger partial charge in [-0.3, -0.25) is 9.55 Å². The number of rotatable bonds is 3. The number of fused-ring (bicyclic) bond motifs is 1. The van der Waals surface area contributed by atoms with E-state index in [1.54, 1.807) is 41.6 Å². The topological polar surface area (TPSA) is 61.4 Å². The summed E-state index contributed by atoms with van der Waals surface area (Å²) < 4.78 is 17.1. The first-order valence-electron chi connectivity index (χ1n) is 8.76. The smallest absolute Gasteiger partial charge is 0.153 e. The summed E-state index contributed by atoms with van der Waals surface area (Å²) in [5.74, 6) is 1.18. The van der Waals surface area contributed by atoms with Crippen LogP contribution in [0.15, 0.2) is 73.4 Å². The molecule has 6 nitrogen and oxygen atoms in total. The molecule has 7 heteroatoms. The van der Waals surface area contributed by atoms with Crippen LogP contribution in [0, 0.1) is 12.7 Å². The average molecular weight is 370 g/mol. The molecule has 0 unspecified atom stereocenters. The van der Waals surface area contributed by atoms with Crippen LogP contribution in [0.25, 0.3) is 33.9 Å².